The van der Waals surface area contributed by atoms with Crippen LogP contribution in [-0.4, -0.2) is 17.1 Å². The molecule has 0 radical (unpaired) electrons. The Morgan fingerprint density at radius 2 is 1.90 bits per heavy atom. The maximum Gasteiger partial charge on any atom is 0.229 e. The topological polar surface area (TPSA) is 42.0 Å². The second-order valence-electron chi connectivity index (χ2n) is 4.79. The van der Waals surface area contributed by atoms with Crippen LogP contribution in [0.15, 0.2) is 22.5 Å². The van der Waals surface area contributed by atoms with E-state index in [0.29, 0.717) is 6.42 Å². The Kier molecular flexibility index (Phi) is 4.83. The molecule has 0 spiro atoms. The van der Waals surface area contributed by atoms with E-state index < -0.39 is 0 Å². The lowest BCUT2D eigenvalue weighted by molar-refractivity contribution is -0.115. The monoisotopic (exact) mass is 306 g/mol. The number of thiazole rings is 1. The summed E-state index contributed by atoms with van der Waals surface area (Å²) in [6.45, 7) is 6.01. The number of carbonyl (C=O) groups is 1. The molecule has 0 aliphatic heterocycles. The number of hydrogen-bond donors (Lipinski definition) is 1. The minimum Gasteiger partial charge on any atom is -0.326 e. The molecule has 0 saturated carbocycles. The molecule has 0 unspecified atom stereocenters. The van der Waals surface area contributed by atoms with E-state index in [1.54, 1.807) is 23.1 Å². The Hall–Kier alpha value is -1.33. The van der Waals surface area contributed by atoms with Gasteiger partial charge in [-0.15, -0.1) is 11.3 Å². The van der Waals surface area contributed by atoms with Crippen molar-refractivity contribution in [1.82, 2.24) is 4.98 Å². The smallest absolute Gasteiger partial charge is 0.229 e. The number of rotatable bonds is 4. The van der Waals surface area contributed by atoms with Crippen molar-refractivity contribution in [3.8, 4) is 0 Å². The lowest BCUT2D eigenvalue weighted by atomic mass is 10.1. The van der Waals surface area contributed by atoms with Crippen LogP contribution in [0.3, 0.4) is 0 Å². The molecule has 0 atom stereocenters. The molecule has 2 aromatic rings. The second-order valence-corrected chi connectivity index (χ2v) is 6.93. The summed E-state index contributed by atoms with van der Waals surface area (Å²) in [6.07, 6.45) is 2.38. The zero-order chi connectivity index (χ0) is 14.7. The van der Waals surface area contributed by atoms with Gasteiger partial charge in [0.1, 0.15) is 4.34 Å². The number of benzene rings is 1. The first-order valence-electron chi connectivity index (χ1n) is 6.36. The first-order chi connectivity index (χ1) is 9.47. The van der Waals surface area contributed by atoms with Crippen molar-refractivity contribution in [1.29, 1.82) is 0 Å². The van der Waals surface area contributed by atoms with E-state index in [0.717, 1.165) is 31.7 Å². The Bertz CT molecular complexity index is 615. The Morgan fingerprint density at radius 3 is 2.45 bits per heavy atom. The Balaban J connectivity index is 2.06. The maximum absolute atomic E-state index is 12.1. The molecule has 1 aromatic heterocycles. The van der Waals surface area contributed by atoms with Crippen LogP contribution in [0, 0.1) is 20.8 Å². The number of hydrogen-bond acceptors (Lipinski definition) is 4. The number of anilines is 1. The quantitative estimate of drug-likeness (QED) is 0.869. The first kappa shape index (κ1) is 15.1. The number of aromatic nitrogens is 1. The number of thioether (sulfide) groups is 1. The molecule has 1 amide bonds. The van der Waals surface area contributed by atoms with Gasteiger partial charge in [-0.05, 0) is 50.3 Å². The van der Waals surface area contributed by atoms with Crippen LogP contribution in [0.25, 0.3) is 0 Å². The Labute approximate surface area is 127 Å². The fourth-order valence-corrected chi connectivity index (χ4v) is 3.70. The van der Waals surface area contributed by atoms with Crippen LogP contribution in [0.4, 0.5) is 5.69 Å². The van der Waals surface area contributed by atoms with Crippen molar-refractivity contribution in [3.05, 3.63) is 39.9 Å². The zero-order valence-electron chi connectivity index (χ0n) is 12.1. The molecule has 3 nitrogen and oxygen atoms in total. The van der Waals surface area contributed by atoms with Gasteiger partial charge in [-0.25, -0.2) is 4.98 Å². The molecule has 0 aliphatic carbocycles. The van der Waals surface area contributed by atoms with Crippen molar-refractivity contribution >= 4 is 34.7 Å². The van der Waals surface area contributed by atoms with E-state index in [4.69, 9.17) is 0 Å². The fraction of sp³-hybridized carbons (Fsp3) is 0.333. The number of nitrogens with zero attached hydrogens (tertiary/aromatic N) is 1. The van der Waals surface area contributed by atoms with Crippen molar-refractivity contribution in [3.63, 3.8) is 0 Å². The van der Waals surface area contributed by atoms with Crippen molar-refractivity contribution in [2.45, 2.75) is 31.5 Å². The van der Waals surface area contributed by atoms with Gasteiger partial charge >= 0.3 is 0 Å². The van der Waals surface area contributed by atoms with Gasteiger partial charge in [-0.3, -0.25) is 4.79 Å². The molecule has 1 aromatic carbocycles. The van der Waals surface area contributed by atoms with Gasteiger partial charge in [-0.1, -0.05) is 17.8 Å². The summed E-state index contributed by atoms with van der Waals surface area (Å²) in [5.41, 5.74) is 4.12. The second kappa shape index (κ2) is 6.41. The molecule has 0 bridgehead atoms. The van der Waals surface area contributed by atoms with Gasteiger partial charge in [0.2, 0.25) is 5.91 Å². The number of nitrogens with one attached hydrogen (secondary N) is 1. The minimum absolute atomic E-state index is 0.00871. The lowest BCUT2D eigenvalue weighted by Crippen LogP contribution is -2.14. The van der Waals surface area contributed by atoms with Gasteiger partial charge in [0.25, 0.3) is 0 Å². The molecule has 0 aliphatic rings. The molecular formula is C15H18N2OS2. The molecule has 20 heavy (non-hydrogen) atoms. The highest BCUT2D eigenvalue weighted by molar-refractivity contribution is 8.00. The largest absolute Gasteiger partial charge is 0.326 e. The normalized spacial score (nSPS) is 10.6. The van der Waals surface area contributed by atoms with E-state index in [9.17, 15) is 4.79 Å². The predicted molar refractivity (Wildman–Crippen MR) is 86.9 cm³/mol. The fourth-order valence-electron chi connectivity index (χ4n) is 2.05. The highest BCUT2D eigenvalue weighted by atomic mass is 32.2. The molecule has 5 heteroatoms. The van der Waals surface area contributed by atoms with Crippen LogP contribution in [-0.2, 0) is 11.2 Å². The van der Waals surface area contributed by atoms with Gasteiger partial charge in [-0.2, -0.15) is 0 Å². The standard InChI is InChI=1S/C15H18N2OS2/c1-9-5-10(2)7-12(6-9)17-14(18)8-13-11(3)16-15(19-4)20-13/h5-7H,8H2,1-4H3,(H,17,18). The van der Waals surface area contributed by atoms with Gasteiger partial charge in [0.05, 0.1) is 12.1 Å². The van der Waals surface area contributed by atoms with E-state index in [-0.39, 0.29) is 5.91 Å². The highest BCUT2D eigenvalue weighted by Crippen LogP contribution is 2.26. The number of aryl methyl sites for hydroxylation is 3. The van der Waals surface area contributed by atoms with Gasteiger partial charge < -0.3 is 5.32 Å². The average Bonchev–Trinajstić information content (AvgIpc) is 2.68. The summed E-state index contributed by atoms with van der Waals surface area (Å²) in [7, 11) is 0. The van der Waals surface area contributed by atoms with E-state index >= 15 is 0 Å². The summed E-state index contributed by atoms with van der Waals surface area (Å²) < 4.78 is 1.01. The molecular weight excluding hydrogens is 288 g/mol. The third kappa shape index (κ3) is 3.84. The molecule has 1 N–H and O–H groups in total. The summed E-state index contributed by atoms with van der Waals surface area (Å²) in [5.74, 6) is 0.00871. The summed E-state index contributed by atoms with van der Waals surface area (Å²) in [5, 5.41) is 2.96. The summed E-state index contributed by atoms with van der Waals surface area (Å²) in [6, 6.07) is 6.06. The van der Waals surface area contributed by atoms with E-state index in [1.807, 2.05) is 39.2 Å². The van der Waals surface area contributed by atoms with Gasteiger partial charge in [0, 0.05) is 10.6 Å². The Morgan fingerprint density at radius 1 is 1.25 bits per heavy atom. The number of carbonyl (C=O) groups excluding carboxylic acids is 1. The molecule has 2 rings (SSSR count). The first-order valence-corrected chi connectivity index (χ1v) is 8.40. The SMILES string of the molecule is CSc1nc(C)c(CC(=O)Nc2cc(C)cc(C)c2)s1. The maximum atomic E-state index is 12.1. The summed E-state index contributed by atoms with van der Waals surface area (Å²) in [4.78, 5) is 17.6. The van der Waals surface area contributed by atoms with Gasteiger partial charge in [0.15, 0.2) is 0 Å². The number of amides is 1. The van der Waals surface area contributed by atoms with Crippen LogP contribution >= 0.6 is 23.1 Å². The molecule has 1 heterocycles. The summed E-state index contributed by atoms with van der Waals surface area (Å²) >= 11 is 3.21. The van der Waals surface area contributed by atoms with Crippen LogP contribution in [0.1, 0.15) is 21.7 Å². The third-order valence-electron chi connectivity index (χ3n) is 2.87. The zero-order valence-corrected chi connectivity index (χ0v) is 13.7. The van der Waals surface area contributed by atoms with Crippen LogP contribution in [0.2, 0.25) is 0 Å². The minimum atomic E-state index is 0.00871. The average molecular weight is 306 g/mol. The van der Waals surface area contributed by atoms with Crippen molar-refractivity contribution < 1.29 is 4.79 Å². The highest BCUT2D eigenvalue weighted by Gasteiger charge is 2.11. The van der Waals surface area contributed by atoms with Crippen molar-refractivity contribution in [2.75, 3.05) is 11.6 Å². The van der Waals surface area contributed by atoms with Crippen LogP contribution in [0.5, 0.6) is 0 Å². The molecule has 106 valence electrons. The third-order valence-corrected chi connectivity index (χ3v) is 5.02. The molecule has 0 saturated heterocycles. The lowest BCUT2D eigenvalue weighted by Gasteiger charge is -2.07. The van der Waals surface area contributed by atoms with Crippen LogP contribution < -0.4 is 5.32 Å². The van der Waals surface area contributed by atoms with E-state index in [1.165, 1.54) is 0 Å². The van der Waals surface area contributed by atoms with E-state index in [2.05, 4.69) is 16.4 Å². The van der Waals surface area contributed by atoms with Crippen molar-refractivity contribution in [2.24, 2.45) is 0 Å². The predicted octanol–water partition coefficient (Wildman–Crippen LogP) is 3.97. The molecule has 0 fully saturated rings.